The monoisotopic (exact) mass is 223 g/mol. The summed E-state index contributed by atoms with van der Waals surface area (Å²) in [5, 5.41) is 10.2. The highest BCUT2D eigenvalue weighted by molar-refractivity contribution is 5.94. The number of amides is 2. The number of nitrogens with zero attached hydrogens (tertiary/aromatic N) is 4. The second-order valence-electron chi connectivity index (χ2n) is 3.80. The molecule has 1 saturated heterocycles. The summed E-state index contributed by atoms with van der Waals surface area (Å²) in [4.78, 5) is 24.5. The van der Waals surface area contributed by atoms with Crippen LogP contribution < -0.4 is 5.32 Å². The van der Waals surface area contributed by atoms with Gasteiger partial charge in [-0.3, -0.25) is 14.3 Å². The zero-order valence-electron chi connectivity index (χ0n) is 9.17. The lowest BCUT2D eigenvalue weighted by atomic mass is 10.2. The molecule has 7 nitrogen and oxygen atoms in total. The highest BCUT2D eigenvalue weighted by Gasteiger charge is 2.31. The molecule has 1 aliphatic rings. The van der Waals surface area contributed by atoms with Crippen molar-refractivity contribution in [1.82, 2.24) is 25.2 Å². The van der Waals surface area contributed by atoms with Crippen LogP contribution in [0.5, 0.6) is 0 Å². The van der Waals surface area contributed by atoms with E-state index in [1.165, 1.54) is 4.90 Å². The Hall–Kier alpha value is -1.92. The minimum absolute atomic E-state index is 0.0590. The molecule has 0 radical (unpaired) electrons. The van der Waals surface area contributed by atoms with Crippen LogP contribution in [0.4, 0.5) is 0 Å². The lowest BCUT2D eigenvalue weighted by Gasteiger charge is -2.31. The molecule has 0 aliphatic carbocycles. The first kappa shape index (κ1) is 10.6. The van der Waals surface area contributed by atoms with E-state index in [9.17, 15) is 9.59 Å². The third-order valence-electron chi connectivity index (χ3n) is 2.56. The number of hydrogen-bond acceptors (Lipinski definition) is 4. The molecule has 1 atom stereocenters. The average molecular weight is 223 g/mol. The van der Waals surface area contributed by atoms with Crippen molar-refractivity contribution in [2.45, 2.75) is 19.5 Å². The van der Waals surface area contributed by atoms with Gasteiger partial charge in [0.15, 0.2) is 0 Å². The molecule has 1 aromatic rings. The van der Waals surface area contributed by atoms with Crippen molar-refractivity contribution in [2.24, 2.45) is 7.05 Å². The summed E-state index contributed by atoms with van der Waals surface area (Å²) >= 11 is 0. The number of hydrogen-bond donors (Lipinski definition) is 1. The fourth-order valence-electron chi connectivity index (χ4n) is 1.64. The maximum absolute atomic E-state index is 11.6. The van der Waals surface area contributed by atoms with Gasteiger partial charge in [-0.1, -0.05) is 5.21 Å². The van der Waals surface area contributed by atoms with Gasteiger partial charge in [0.2, 0.25) is 11.8 Å². The molecule has 0 aromatic carbocycles. The third kappa shape index (κ3) is 1.88. The molecule has 0 saturated carbocycles. The molecule has 2 amide bonds. The molecule has 2 rings (SSSR count). The van der Waals surface area contributed by atoms with Crippen LogP contribution in [0.3, 0.4) is 0 Å². The molecule has 7 heteroatoms. The van der Waals surface area contributed by atoms with Gasteiger partial charge in [0.25, 0.3) is 0 Å². The van der Waals surface area contributed by atoms with Crippen LogP contribution in [0.2, 0.25) is 0 Å². The molecule has 1 N–H and O–H groups in total. The number of carbonyl (C=O) groups excluding carboxylic acids is 2. The first-order valence-corrected chi connectivity index (χ1v) is 5.00. The first-order valence-electron chi connectivity index (χ1n) is 5.00. The summed E-state index contributed by atoms with van der Waals surface area (Å²) in [5.41, 5.74) is 0.678. The SMILES string of the molecule is CC1C(=O)NCC(=O)N1Cc1cn(C)nn1. The Morgan fingerprint density at radius 2 is 2.31 bits per heavy atom. The van der Waals surface area contributed by atoms with E-state index in [2.05, 4.69) is 15.6 Å². The van der Waals surface area contributed by atoms with E-state index in [1.54, 1.807) is 24.9 Å². The summed E-state index contributed by atoms with van der Waals surface area (Å²) in [5.74, 6) is -0.235. The Balaban J connectivity index is 2.12. The molecule has 1 aliphatic heterocycles. The fourth-order valence-corrected chi connectivity index (χ4v) is 1.64. The Morgan fingerprint density at radius 1 is 1.56 bits per heavy atom. The minimum atomic E-state index is -0.455. The summed E-state index contributed by atoms with van der Waals surface area (Å²) in [7, 11) is 1.75. The minimum Gasteiger partial charge on any atom is -0.345 e. The van der Waals surface area contributed by atoms with E-state index in [4.69, 9.17) is 0 Å². The van der Waals surface area contributed by atoms with Gasteiger partial charge in [0, 0.05) is 13.2 Å². The predicted octanol–water partition coefficient (Wildman–Crippen LogP) is -1.34. The van der Waals surface area contributed by atoms with Crippen molar-refractivity contribution in [3.05, 3.63) is 11.9 Å². The third-order valence-corrected chi connectivity index (χ3v) is 2.56. The lowest BCUT2D eigenvalue weighted by Crippen LogP contribution is -2.56. The van der Waals surface area contributed by atoms with Gasteiger partial charge < -0.3 is 10.2 Å². The van der Waals surface area contributed by atoms with Crippen LogP contribution in [0.25, 0.3) is 0 Å². The van der Waals surface area contributed by atoms with Gasteiger partial charge in [-0.05, 0) is 6.92 Å². The van der Waals surface area contributed by atoms with Crippen molar-refractivity contribution >= 4 is 11.8 Å². The molecule has 0 spiro atoms. The summed E-state index contributed by atoms with van der Waals surface area (Å²) in [6.07, 6.45) is 1.73. The second kappa shape index (κ2) is 3.92. The molecule has 0 bridgehead atoms. The van der Waals surface area contributed by atoms with Crippen molar-refractivity contribution < 1.29 is 9.59 Å². The van der Waals surface area contributed by atoms with Crippen LogP contribution in [-0.2, 0) is 23.2 Å². The van der Waals surface area contributed by atoms with Gasteiger partial charge in [-0.15, -0.1) is 5.10 Å². The van der Waals surface area contributed by atoms with Crippen LogP contribution in [0, 0.1) is 0 Å². The van der Waals surface area contributed by atoms with Crippen LogP contribution in [-0.4, -0.2) is 44.3 Å². The van der Waals surface area contributed by atoms with Crippen LogP contribution >= 0.6 is 0 Å². The Kier molecular flexibility index (Phi) is 2.59. The Labute approximate surface area is 92.4 Å². The number of carbonyl (C=O) groups is 2. The smallest absolute Gasteiger partial charge is 0.242 e. The molecule has 2 heterocycles. The molecule has 1 aromatic heterocycles. The van der Waals surface area contributed by atoms with E-state index < -0.39 is 6.04 Å². The maximum atomic E-state index is 11.6. The summed E-state index contributed by atoms with van der Waals surface area (Å²) in [6, 6.07) is -0.455. The maximum Gasteiger partial charge on any atom is 0.242 e. The number of piperazine rings is 1. The van der Waals surface area contributed by atoms with Crippen molar-refractivity contribution in [2.75, 3.05) is 6.54 Å². The highest BCUT2D eigenvalue weighted by atomic mass is 16.2. The Morgan fingerprint density at radius 3 is 2.94 bits per heavy atom. The lowest BCUT2D eigenvalue weighted by molar-refractivity contribution is -0.145. The van der Waals surface area contributed by atoms with Crippen molar-refractivity contribution in [3.8, 4) is 0 Å². The molecule has 1 fully saturated rings. The van der Waals surface area contributed by atoms with Crippen molar-refractivity contribution in [3.63, 3.8) is 0 Å². The normalized spacial score (nSPS) is 21.1. The predicted molar refractivity (Wildman–Crippen MR) is 54.0 cm³/mol. The highest BCUT2D eigenvalue weighted by Crippen LogP contribution is 2.09. The second-order valence-corrected chi connectivity index (χ2v) is 3.80. The van der Waals surface area contributed by atoms with Gasteiger partial charge in [0.05, 0.1) is 13.1 Å². The van der Waals surface area contributed by atoms with Gasteiger partial charge >= 0.3 is 0 Å². The Bertz CT molecular complexity index is 427. The molecule has 1 unspecified atom stereocenters. The van der Waals surface area contributed by atoms with Gasteiger partial charge in [0.1, 0.15) is 11.7 Å². The standard InChI is InChI=1S/C9H13N5O2/c1-6-9(16)10-3-8(15)14(6)5-7-4-13(2)12-11-7/h4,6H,3,5H2,1-2H3,(H,10,16). The molecule has 86 valence electrons. The fraction of sp³-hybridized carbons (Fsp3) is 0.556. The van der Waals surface area contributed by atoms with Crippen LogP contribution in [0.15, 0.2) is 6.20 Å². The average Bonchev–Trinajstić information content (AvgIpc) is 2.65. The van der Waals surface area contributed by atoms with E-state index in [-0.39, 0.29) is 18.4 Å². The van der Waals surface area contributed by atoms with E-state index in [0.29, 0.717) is 12.2 Å². The molecular weight excluding hydrogens is 210 g/mol. The molecule has 16 heavy (non-hydrogen) atoms. The van der Waals surface area contributed by atoms with E-state index >= 15 is 0 Å². The summed E-state index contributed by atoms with van der Waals surface area (Å²) in [6.45, 7) is 2.08. The summed E-state index contributed by atoms with van der Waals surface area (Å²) < 4.78 is 1.56. The number of aromatic nitrogens is 3. The van der Waals surface area contributed by atoms with Crippen LogP contribution in [0.1, 0.15) is 12.6 Å². The number of aryl methyl sites for hydroxylation is 1. The number of rotatable bonds is 2. The van der Waals surface area contributed by atoms with E-state index in [0.717, 1.165) is 0 Å². The zero-order valence-corrected chi connectivity index (χ0v) is 9.17. The van der Waals surface area contributed by atoms with Gasteiger partial charge in [-0.25, -0.2) is 0 Å². The first-order chi connectivity index (χ1) is 7.58. The van der Waals surface area contributed by atoms with E-state index in [1.807, 2.05) is 0 Å². The number of nitrogens with one attached hydrogen (secondary N) is 1. The van der Waals surface area contributed by atoms with Gasteiger partial charge in [-0.2, -0.15) is 0 Å². The quantitative estimate of drug-likeness (QED) is 0.673. The largest absolute Gasteiger partial charge is 0.345 e. The van der Waals surface area contributed by atoms with Crippen molar-refractivity contribution in [1.29, 1.82) is 0 Å². The molecular formula is C9H13N5O2. The zero-order chi connectivity index (χ0) is 11.7. The topological polar surface area (TPSA) is 80.1 Å².